The van der Waals surface area contributed by atoms with Gasteiger partial charge in [0, 0.05) is 26.1 Å². The first kappa shape index (κ1) is 17.6. The summed E-state index contributed by atoms with van der Waals surface area (Å²) >= 11 is 0. The van der Waals surface area contributed by atoms with Gasteiger partial charge in [-0.15, -0.1) is 0 Å². The van der Waals surface area contributed by atoms with Crippen LogP contribution in [-0.4, -0.2) is 61.6 Å². The number of carbonyl (C=O) groups is 1. The van der Waals surface area contributed by atoms with Gasteiger partial charge in [0.05, 0.1) is 12.7 Å². The van der Waals surface area contributed by atoms with E-state index >= 15 is 0 Å². The van der Waals surface area contributed by atoms with E-state index in [1.807, 2.05) is 25.8 Å². The number of aromatic nitrogens is 4. The number of carbonyl (C=O) groups excluding carboxylic acids is 1. The van der Waals surface area contributed by atoms with E-state index in [0.29, 0.717) is 23.4 Å². The van der Waals surface area contributed by atoms with Crippen LogP contribution in [0.3, 0.4) is 0 Å². The van der Waals surface area contributed by atoms with Crippen LogP contribution < -0.4 is 5.56 Å². The molecule has 1 saturated heterocycles. The second-order valence-corrected chi connectivity index (χ2v) is 7.11. The zero-order valence-corrected chi connectivity index (χ0v) is 15.3. The zero-order valence-electron chi connectivity index (χ0n) is 15.3. The van der Waals surface area contributed by atoms with Crippen molar-refractivity contribution < 1.29 is 4.79 Å². The maximum atomic E-state index is 12.4. The van der Waals surface area contributed by atoms with Crippen LogP contribution in [0.4, 0.5) is 0 Å². The Labute approximate surface area is 146 Å². The zero-order chi connectivity index (χ0) is 18.1. The fraction of sp³-hybridized carbons (Fsp3) is 0.647. The van der Waals surface area contributed by atoms with Gasteiger partial charge in [0.25, 0.3) is 5.56 Å². The van der Waals surface area contributed by atoms with E-state index in [0.717, 1.165) is 25.9 Å². The first-order valence-electron chi connectivity index (χ1n) is 8.76. The largest absolute Gasteiger partial charge is 0.343 e. The van der Waals surface area contributed by atoms with Crippen LogP contribution in [0.1, 0.15) is 32.5 Å². The Morgan fingerprint density at radius 3 is 2.72 bits per heavy atom. The minimum absolute atomic E-state index is 0.0928. The molecule has 2 aromatic heterocycles. The van der Waals surface area contributed by atoms with Gasteiger partial charge >= 0.3 is 0 Å². The standard InChI is InChI=1S/C17H26N6O2/c1-11(2)21(3)17(25)12-5-7-23(8-6-12)10-14-19-15-13(16(24)20-14)9-18-22(15)4/h9,11-12H,5-8,10H2,1-4H3,(H,19,20,24). The number of nitrogens with zero attached hydrogens (tertiary/aromatic N) is 5. The first-order valence-corrected chi connectivity index (χ1v) is 8.76. The number of fused-ring (bicyclic) bond motifs is 1. The normalized spacial score (nSPS) is 16.7. The van der Waals surface area contributed by atoms with Gasteiger partial charge in [0.1, 0.15) is 11.2 Å². The molecule has 0 aromatic carbocycles. The van der Waals surface area contributed by atoms with Gasteiger partial charge in [0.2, 0.25) is 5.91 Å². The summed E-state index contributed by atoms with van der Waals surface area (Å²) in [7, 11) is 3.65. The van der Waals surface area contributed by atoms with E-state index in [1.165, 1.54) is 6.20 Å². The van der Waals surface area contributed by atoms with Crippen molar-refractivity contribution in [1.29, 1.82) is 0 Å². The number of hydrogen-bond acceptors (Lipinski definition) is 5. The van der Waals surface area contributed by atoms with Gasteiger partial charge < -0.3 is 9.88 Å². The molecule has 3 rings (SSSR count). The van der Waals surface area contributed by atoms with Crippen molar-refractivity contribution >= 4 is 16.9 Å². The Morgan fingerprint density at radius 2 is 2.08 bits per heavy atom. The number of piperidine rings is 1. The summed E-state index contributed by atoms with van der Waals surface area (Å²) in [5, 5.41) is 4.59. The van der Waals surface area contributed by atoms with Crippen molar-refractivity contribution in [3.8, 4) is 0 Å². The number of aromatic amines is 1. The van der Waals surface area contributed by atoms with Crippen molar-refractivity contribution in [1.82, 2.24) is 29.5 Å². The highest BCUT2D eigenvalue weighted by Crippen LogP contribution is 2.21. The molecule has 2 aromatic rings. The van der Waals surface area contributed by atoms with Crippen LogP contribution in [0.2, 0.25) is 0 Å². The Bertz CT molecular complexity index is 816. The minimum atomic E-state index is -0.156. The molecule has 25 heavy (non-hydrogen) atoms. The van der Waals surface area contributed by atoms with E-state index in [2.05, 4.69) is 20.0 Å². The van der Waals surface area contributed by atoms with Gasteiger partial charge in [-0.25, -0.2) is 4.98 Å². The van der Waals surface area contributed by atoms with Crippen LogP contribution >= 0.6 is 0 Å². The third-order valence-corrected chi connectivity index (χ3v) is 5.08. The second kappa shape index (κ2) is 6.95. The molecule has 0 atom stereocenters. The topological polar surface area (TPSA) is 87.1 Å². The quantitative estimate of drug-likeness (QED) is 0.882. The van der Waals surface area contributed by atoms with Gasteiger partial charge in [0.15, 0.2) is 5.65 Å². The smallest absolute Gasteiger partial charge is 0.262 e. The van der Waals surface area contributed by atoms with Crippen molar-refractivity contribution in [3.05, 3.63) is 22.4 Å². The van der Waals surface area contributed by atoms with Crippen LogP contribution in [-0.2, 0) is 18.4 Å². The van der Waals surface area contributed by atoms with Gasteiger partial charge in [-0.2, -0.15) is 5.10 Å². The van der Waals surface area contributed by atoms with Crippen LogP contribution in [0.5, 0.6) is 0 Å². The Kier molecular flexibility index (Phi) is 4.89. The summed E-state index contributed by atoms with van der Waals surface area (Å²) in [5.74, 6) is 0.970. The molecule has 3 heterocycles. The number of amides is 1. The number of aryl methyl sites for hydroxylation is 1. The highest BCUT2D eigenvalue weighted by Gasteiger charge is 2.28. The number of rotatable bonds is 4. The first-order chi connectivity index (χ1) is 11.9. The average Bonchev–Trinajstić information content (AvgIpc) is 2.96. The molecule has 0 unspecified atom stereocenters. The highest BCUT2D eigenvalue weighted by molar-refractivity contribution is 5.79. The molecule has 1 aliphatic heterocycles. The molecule has 0 spiro atoms. The molecular weight excluding hydrogens is 320 g/mol. The van der Waals surface area contributed by atoms with Gasteiger partial charge in [-0.1, -0.05) is 0 Å². The molecule has 1 aliphatic rings. The molecule has 0 saturated carbocycles. The summed E-state index contributed by atoms with van der Waals surface area (Å²) in [5.41, 5.74) is 0.444. The lowest BCUT2D eigenvalue weighted by Crippen LogP contribution is -2.43. The van der Waals surface area contributed by atoms with E-state index in [4.69, 9.17) is 0 Å². The summed E-state index contributed by atoms with van der Waals surface area (Å²) < 4.78 is 1.61. The minimum Gasteiger partial charge on any atom is -0.343 e. The molecule has 0 radical (unpaired) electrons. The SMILES string of the molecule is CC(C)N(C)C(=O)C1CCN(Cc2nc3c(cnn3C)c(=O)[nH]2)CC1. The molecule has 1 N–H and O–H groups in total. The van der Waals surface area contributed by atoms with E-state index in [1.54, 1.807) is 11.7 Å². The number of likely N-dealkylation sites (tertiary alicyclic amines) is 1. The third kappa shape index (κ3) is 3.58. The van der Waals surface area contributed by atoms with Crippen molar-refractivity contribution in [3.63, 3.8) is 0 Å². The lowest BCUT2D eigenvalue weighted by atomic mass is 9.95. The molecule has 1 fully saturated rings. The predicted octanol–water partition coefficient (Wildman–Crippen LogP) is 0.735. The lowest BCUT2D eigenvalue weighted by molar-refractivity contribution is -0.137. The monoisotopic (exact) mass is 346 g/mol. The van der Waals surface area contributed by atoms with Crippen LogP contribution in [0, 0.1) is 5.92 Å². The van der Waals surface area contributed by atoms with E-state index in [-0.39, 0.29) is 23.4 Å². The number of H-pyrrole nitrogens is 1. The molecule has 136 valence electrons. The Hall–Kier alpha value is -2.22. The van der Waals surface area contributed by atoms with Crippen LogP contribution in [0.25, 0.3) is 11.0 Å². The van der Waals surface area contributed by atoms with Crippen LogP contribution in [0.15, 0.2) is 11.0 Å². The van der Waals surface area contributed by atoms with Crippen molar-refractivity contribution in [2.24, 2.45) is 13.0 Å². The maximum absolute atomic E-state index is 12.4. The summed E-state index contributed by atoms with van der Waals surface area (Å²) in [6, 6.07) is 0.227. The number of nitrogens with one attached hydrogen (secondary N) is 1. The predicted molar refractivity (Wildman–Crippen MR) is 95.0 cm³/mol. The second-order valence-electron chi connectivity index (χ2n) is 7.11. The highest BCUT2D eigenvalue weighted by atomic mass is 16.2. The summed E-state index contributed by atoms with van der Waals surface area (Å²) in [6.07, 6.45) is 3.22. The molecule has 8 nitrogen and oxygen atoms in total. The third-order valence-electron chi connectivity index (χ3n) is 5.08. The molecule has 1 amide bonds. The lowest BCUT2D eigenvalue weighted by Gasteiger charge is -2.34. The maximum Gasteiger partial charge on any atom is 0.262 e. The van der Waals surface area contributed by atoms with Crippen molar-refractivity contribution in [2.75, 3.05) is 20.1 Å². The summed E-state index contributed by atoms with van der Waals surface area (Å²) in [6.45, 7) is 6.30. The van der Waals surface area contributed by atoms with E-state index < -0.39 is 0 Å². The fourth-order valence-corrected chi connectivity index (χ4v) is 3.25. The molecule has 8 heteroatoms. The fourth-order valence-electron chi connectivity index (χ4n) is 3.25. The molecule has 0 bridgehead atoms. The van der Waals surface area contributed by atoms with E-state index in [9.17, 15) is 9.59 Å². The Balaban J connectivity index is 1.64. The Morgan fingerprint density at radius 1 is 1.40 bits per heavy atom. The van der Waals surface area contributed by atoms with Gasteiger partial charge in [-0.05, 0) is 39.8 Å². The summed E-state index contributed by atoms with van der Waals surface area (Å²) in [4.78, 5) is 36.0. The number of hydrogen-bond donors (Lipinski definition) is 1. The van der Waals surface area contributed by atoms with Gasteiger partial charge in [-0.3, -0.25) is 19.2 Å². The average molecular weight is 346 g/mol. The van der Waals surface area contributed by atoms with Crippen molar-refractivity contribution in [2.45, 2.75) is 39.3 Å². The molecule has 0 aliphatic carbocycles. The molecular formula is C17H26N6O2.